The lowest BCUT2D eigenvalue weighted by Gasteiger charge is -2.39. The maximum absolute atomic E-state index is 13.8. The second kappa shape index (κ2) is 10.1. The third-order valence-corrected chi connectivity index (χ3v) is 8.90. The second-order valence-electron chi connectivity index (χ2n) is 10.9. The Morgan fingerprint density at radius 2 is 1.46 bits per heavy atom. The third kappa shape index (κ3) is 4.60. The van der Waals surface area contributed by atoms with Gasteiger partial charge in [0.15, 0.2) is 0 Å². The normalized spacial score (nSPS) is 24.2. The minimum Gasteiger partial charge on any atom is -0.497 e. The van der Waals surface area contributed by atoms with Crippen LogP contribution in [0.1, 0.15) is 50.4 Å². The summed E-state index contributed by atoms with van der Waals surface area (Å²) in [7, 11) is 1.57. The number of hydrogen-bond acceptors (Lipinski definition) is 7. The highest BCUT2D eigenvalue weighted by atomic mass is 16.7. The zero-order valence-electron chi connectivity index (χ0n) is 22.6. The van der Waals surface area contributed by atoms with Gasteiger partial charge in [0.2, 0.25) is 5.91 Å². The van der Waals surface area contributed by atoms with Gasteiger partial charge in [-0.05, 0) is 78.9 Å². The molecule has 2 bridgehead atoms. The SMILES string of the molecule is COc1ccc(C(=O)ON=C2CC3(C(=O)Nc4ccc(N=Nc5ccccc5)cc4)CCC2(C)C3(C)C)cc1. The molecule has 0 spiro atoms. The highest BCUT2D eigenvalue weighted by Gasteiger charge is 2.71. The lowest BCUT2D eigenvalue weighted by atomic mass is 9.64. The van der Waals surface area contributed by atoms with Crippen LogP contribution in [0.2, 0.25) is 0 Å². The minimum atomic E-state index is -0.668. The summed E-state index contributed by atoms with van der Waals surface area (Å²) >= 11 is 0. The molecule has 0 radical (unpaired) electrons. The Hall–Kier alpha value is -4.33. The molecule has 0 aliphatic heterocycles. The Labute approximate surface area is 228 Å². The predicted octanol–water partition coefficient (Wildman–Crippen LogP) is 7.48. The highest BCUT2D eigenvalue weighted by Crippen LogP contribution is 2.71. The lowest BCUT2D eigenvalue weighted by Crippen LogP contribution is -2.43. The predicted molar refractivity (Wildman–Crippen MR) is 150 cm³/mol. The molecule has 2 atom stereocenters. The third-order valence-electron chi connectivity index (χ3n) is 8.90. The van der Waals surface area contributed by atoms with E-state index in [0.717, 1.165) is 24.2 Å². The fourth-order valence-electron chi connectivity index (χ4n) is 5.87. The first-order chi connectivity index (χ1) is 18.7. The number of anilines is 1. The summed E-state index contributed by atoms with van der Waals surface area (Å²) in [4.78, 5) is 31.8. The van der Waals surface area contributed by atoms with Crippen molar-refractivity contribution < 1.29 is 19.2 Å². The molecule has 1 N–H and O–H groups in total. The van der Waals surface area contributed by atoms with Crippen molar-refractivity contribution in [3.63, 3.8) is 0 Å². The van der Waals surface area contributed by atoms with Crippen LogP contribution in [0.15, 0.2) is 94.2 Å². The van der Waals surface area contributed by atoms with E-state index in [1.54, 1.807) is 31.4 Å². The van der Waals surface area contributed by atoms with E-state index in [1.165, 1.54) is 0 Å². The first-order valence-corrected chi connectivity index (χ1v) is 13.0. The first-order valence-electron chi connectivity index (χ1n) is 13.0. The van der Waals surface area contributed by atoms with Gasteiger partial charge in [0.05, 0.1) is 35.2 Å². The monoisotopic (exact) mass is 524 g/mol. The van der Waals surface area contributed by atoms with Crippen molar-refractivity contribution in [1.82, 2.24) is 0 Å². The average Bonchev–Trinajstić information content (AvgIpc) is 3.27. The molecule has 0 aromatic heterocycles. The van der Waals surface area contributed by atoms with Gasteiger partial charge >= 0.3 is 5.97 Å². The zero-order chi connectivity index (χ0) is 27.7. The molecule has 200 valence electrons. The molecule has 2 aliphatic carbocycles. The average molecular weight is 525 g/mol. The molecule has 0 saturated heterocycles. The van der Waals surface area contributed by atoms with Crippen LogP contribution in [0.5, 0.6) is 5.75 Å². The number of carbonyl (C=O) groups is 2. The molecule has 3 aromatic carbocycles. The number of oxime groups is 1. The van der Waals surface area contributed by atoms with Gasteiger partial charge in [0.25, 0.3) is 0 Å². The summed E-state index contributed by atoms with van der Waals surface area (Å²) in [6.07, 6.45) is 1.95. The zero-order valence-corrected chi connectivity index (χ0v) is 22.6. The van der Waals surface area contributed by atoms with E-state index < -0.39 is 11.4 Å². The molecule has 8 nitrogen and oxygen atoms in total. The summed E-state index contributed by atoms with van der Waals surface area (Å²) in [5, 5.41) is 15.9. The van der Waals surface area contributed by atoms with Gasteiger partial charge in [-0.25, -0.2) is 4.79 Å². The maximum Gasteiger partial charge on any atom is 0.365 e. The molecule has 8 heteroatoms. The van der Waals surface area contributed by atoms with Gasteiger partial charge in [-0.1, -0.05) is 44.1 Å². The smallest absolute Gasteiger partial charge is 0.365 e. The van der Waals surface area contributed by atoms with Crippen molar-refractivity contribution in [3.05, 3.63) is 84.4 Å². The number of nitrogens with one attached hydrogen (secondary N) is 1. The van der Waals surface area contributed by atoms with Gasteiger partial charge in [-0.15, -0.1) is 0 Å². The van der Waals surface area contributed by atoms with Crippen LogP contribution in [0.25, 0.3) is 0 Å². The second-order valence-corrected chi connectivity index (χ2v) is 10.9. The fraction of sp³-hybridized carbons (Fsp3) is 0.323. The van der Waals surface area contributed by atoms with Crippen molar-refractivity contribution in [2.45, 2.75) is 40.0 Å². The number of hydrogen-bond donors (Lipinski definition) is 1. The first kappa shape index (κ1) is 26.3. The number of ether oxygens (including phenoxy) is 1. The summed E-state index contributed by atoms with van der Waals surface area (Å²) in [5.41, 5.74) is 1.85. The largest absolute Gasteiger partial charge is 0.497 e. The molecule has 0 heterocycles. The lowest BCUT2D eigenvalue weighted by molar-refractivity contribution is -0.130. The van der Waals surface area contributed by atoms with E-state index in [2.05, 4.69) is 41.5 Å². The molecule has 2 aliphatic rings. The summed E-state index contributed by atoms with van der Waals surface area (Å²) in [5.74, 6) is 0.0540. The molecule has 2 unspecified atom stereocenters. The van der Waals surface area contributed by atoms with Crippen molar-refractivity contribution >= 4 is 34.7 Å². The quantitative estimate of drug-likeness (QED) is 0.197. The molecular formula is C31H32N4O4. The van der Waals surface area contributed by atoms with E-state index in [1.807, 2.05) is 54.6 Å². The van der Waals surface area contributed by atoms with Gasteiger partial charge in [-0.2, -0.15) is 10.2 Å². The Balaban J connectivity index is 1.29. The van der Waals surface area contributed by atoms with E-state index >= 15 is 0 Å². The maximum atomic E-state index is 13.8. The molecule has 2 saturated carbocycles. The standard InChI is InChI=1S/C31H32N4O4/c1-29(2)30(3)18-19-31(29,20-26(30)35-39-27(36)21-10-16-25(38-4)17-11-21)28(37)32-22-12-14-24(15-13-22)34-33-23-8-6-5-7-9-23/h5-17H,18-20H2,1-4H3,(H,32,37). The number of azo groups is 1. The molecule has 5 rings (SSSR count). The van der Waals surface area contributed by atoms with Crippen molar-refractivity contribution in [2.75, 3.05) is 12.4 Å². The minimum absolute atomic E-state index is 0.0541. The summed E-state index contributed by atoms with van der Waals surface area (Å²) in [6, 6.07) is 23.5. The molecular weight excluding hydrogens is 492 g/mol. The van der Waals surface area contributed by atoms with Crippen molar-refractivity contribution in [2.24, 2.45) is 31.6 Å². The molecule has 3 aromatic rings. The van der Waals surface area contributed by atoms with E-state index in [4.69, 9.17) is 9.57 Å². The van der Waals surface area contributed by atoms with Crippen molar-refractivity contribution in [1.29, 1.82) is 0 Å². The molecule has 2 fully saturated rings. The van der Waals surface area contributed by atoms with E-state index in [9.17, 15) is 9.59 Å². The van der Waals surface area contributed by atoms with Crippen LogP contribution < -0.4 is 10.1 Å². The van der Waals surface area contributed by atoms with Gasteiger partial charge < -0.3 is 14.9 Å². The van der Waals surface area contributed by atoms with E-state index in [-0.39, 0.29) is 16.7 Å². The van der Waals surface area contributed by atoms with Gasteiger partial charge in [0.1, 0.15) is 5.75 Å². The van der Waals surface area contributed by atoms with Gasteiger partial charge in [0, 0.05) is 17.5 Å². The van der Waals surface area contributed by atoms with Crippen molar-refractivity contribution in [3.8, 4) is 5.75 Å². The number of methoxy groups -OCH3 is 1. The van der Waals surface area contributed by atoms with Gasteiger partial charge in [-0.3, -0.25) is 4.79 Å². The van der Waals surface area contributed by atoms with E-state index in [0.29, 0.717) is 29.1 Å². The number of benzene rings is 3. The summed E-state index contributed by atoms with van der Waals surface area (Å²) in [6.45, 7) is 6.34. The topological polar surface area (TPSA) is 102 Å². The van der Waals surface area contributed by atoms with Crippen LogP contribution in [0, 0.1) is 16.2 Å². The van der Waals surface area contributed by atoms with Crippen LogP contribution >= 0.6 is 0 Å². The van der Waals surface area contributed by atoms with Crippen LogP contribution in [0.3, 0.4) is 0 Å². The Kier molecular flexibility index (Phi) is 6.80. The summed E-state index contributed by atoms with van der Waals surface area (Å²) < 4.78 is 5.14. The Morgan fingerprint density at radius 1 is 0.821 bits per heavy atom. The number of amides is 1. The Bertz CT molecular complexity index is 1430. The fourth-order valence-corrected chi connectivity index (χ4v) is 5.87. The number of rotatable bonds is 7. The number of carbonyl (C=O) groups excluding carboxylic acids is 2. The Morgan fingerprint density at radius 3 is 2.10 bits per heavy atom. The number of nitrogens with zero attached hydrogens (tertiary/aromatic N) is 3. The van der Waals surface area contributed by atoms with Crippen LogP contribution in [0.4, 0.5) is 17.1 Å². The number of fused-ring (bicyclic) bond motifs is 2. The molecule has 1 amide bonds. The van der Waals surface area contributed by atoms with Crippen LogP contribution in [-0.4, -0.2) is 24.7 Å². The molecule has 39 heavy (non-hydrogen) atoms. The highest BCUT2D eigenvalue weighted by molar-refractivity contribution is 6.06. The van der Waals surface area contributed by atoms with Crippen LogP contribution in [-0.2, 0) is 9.63 Å².